The molecule has 1 aliphatic heterocycles. The van der Waals surface area contributed by atoms with E-state index in [2.05, 4.69) is 22.9 Å². The lowest BCUT2D eigenvalue weighted by Gasteiger charge is -2.28. The number of alkyl halides is 3. The lowest BCUT2D eigenvalue weighted by molar-refractivity contribution is -0.174. The first-order chi connectivity index (χ1) is 6.39. The van der Waals surface area contributed by atoms with Gasteiger partial charge in [-0.15, -0.1) is 0 Å². The first kappa shape index (κ1) is 12.0. The number of hydrogen-bond acceptors (Lipinski definition) is 2. The third kappa shape index (κ3) is 3.60. The number of halogens is 4. The molecule has 0 atom stereocenters. The Morgan fingerprint density at radius 2 is 1.86 bits per heavy atom. The third-order valence-corrected chi connectivity index (χ3v) is 3.00. The molecule has 1 saturated heterocycles. The Balaban J connectivity index is 2.35. The highest BCUT2D eigenvalue weighted by atomic mass is 127. The molecule has 7 heteroatoms. The molecule has 0 unspecified atom stereocenters. The normalized spacial score (nSPS) is 20.9. The summed E-state index contributed by atoms with van der Waals surface area (Å²) in [6.45, 7) is 1.42. The summed E-state index contributed by atoms with van der Waals surface area (Å²) in [6, 6.07) is -0.338. The van der Waals surface area contributed by atoms with Gasteiger partial charge in [0.2, 0.25) is 0 Å². The molecule has 1 fully saturated rings. The molecule has 1 aliphatic rings. The molecule has 0 bridgehead atoms. The summed E-state index contributed by atoms with van der Waals surface area (Å²) in [5, 5.41) is 1.99. The van der Waals surface area contributed by atoms with E-state index < -0.39 is 12.1 Å². The number of hydrogen-bond donors (Lipinski definition) is 1. The van der Waals surface area contributed by atoms with E-state index in [1.807, 2.05) is 8.43 Å². The van der Waals surface area contributed by atoms with E-state index in [1.165, 1.54) is 0 Å². The van der Waals surface area contributed by atoms with Crippen molar-refractivity contribution in [1.29, 1.82) is 0 Å². The van der Waals surface area contributed by atoms with Crippen molar-refractivity contribution in [2.45, 2.75) is 25.1 Å². The van der Waals surface area contributed by atoms with Crippen LogP contribution in [0.5, 0.6) is 0 Å². The molecular formula is C7H10F3IN2O. The van der Waals surface area contributed by atoms with Crippen LogP contribution in [0.3, 0.4) is 0 Å². The van der Waals surface area contributed by atoms with Crippen LogP contribution in [0.1, 0.15) is 12.8 Å². The van der Waals surface area contributed by atoms with Gasteiger partial charge in [-0.3, -0.25) is 4.79 Å². The molecule has 3 nitrogen and oxygen atoms in total. The summed E-state index contributed by atoms with van der Waals surface area (Å²) in [5.74, 6) is -1.83. The van der Waals surface area contributed by atoms with E-state index in [-0.39, 0.29) is 6.04 Å². The van der Waals surface area contributed by atoms with Crippen molar-refractivity contribution >= 4 is 28.8 Å². The zero-order chi connectivity index (χ0) is 10.8. The number of rotatable bonds is 1. The van der Waals surface area contributed by atoms with Gasteiger partial charge >= 0.3 is 12.1 Å². The Morgan fingerprint density at radius 1 is 1.36 bits per heavy atom. The van der Waals surface area contributed by atoms with Crippen LogP contribution < -0.4 is 5.32 Å². The van der Waals surface area contributed by atoms with Crippen molar-refractivity contribution in [2.24, 2.45) is 0 Å². The maximum atomic E-state index is 11.9. The smallest absolute Gasteiger partial charge is 0.345 e. The van der Waals surface area contributed by atoms with Crippen molar-refractivity contribution in [1.82, 2.24) is 8.43 Å². The first-order valence-electron chi connectivity index (χ1n) is 4.18. The summed E-state index contributed by atoms with van der Waals surface area (Å²) in [7, 11) is 0. The quantitative estimate of drug-likeness (QED) is 0.586. The minimum absolute atomic E-state index is 0.338. The summed E-state index contributed by atoms with van der Waals surface area (Å²) in [6.07, 6.45) is -3.61. The van der Waals surface area contributed by atoms with Crippen LogP contribution in [0.25, 0.3) is 0 Å². The fourth-order valence-electron chi connectivity index (χ4n) is 1.26. The van der Waals surface area contributed by atoms with Gasteiger partial charge < -0.3 is 5.32 Å². The van der Waals surface area contributed by atoms with Crippen molar-refractivity contribution in [3.63, 3.8) is 0 Å². The maximum absolute atomic E-state index is 11.9. The Bertz CT molecular complexity index is 213. The number of nitrogens with zero attached hydrogens (tertiary/aromatic N) is 1. The average molecular weight is 322 g/mol. The summed E-state index contributed by atoms with van der Waals surface area (Å²) in [5.41, 5.74) is 0. The fourth-order valence-corrected chi connectivity index (χ4v) is 1.82. The van der Waals surface area contributed by atoms with Gasteiger partial charge in [0, 0.05) is 42.0 Å². The number of carbonyl (C=O) groups is 1. The van der Waals surface area contributed by atoms with E-state index in [9.17, 15) is 18.0 Å². The number of nitrogens with one attached hydrogen (secondary N) is 1. The van der Waals surface area contributed by atoms with Gasteiger partial charge in [-0.1, -0.05) is 0 Å². The monoisotopic (exact) mass is 322 g/mol. The van der Waals surface area contributed by atoms with Crippen LogP contribution in [0.15, 0.2) is 0 Å². The average Bonchev–Trinajstić information content (AvgIpc) is 2.07. The minimum atomic E-state index is -4.76. The highest BCUT2D eigenvalue weighted by Crippen LogP contribution is 2.18. The van der Waals surface area contributed by atoms with Gasteiger partial charge in [-0.05, 0) is 12.8 Å². The molecule has 0 saturated carbocycles. The van der Waals surface area contributed by atoms with Crippen LogP contribution >= 0.6 is 22.9 Å². The first-order valence-corrected chi connectivity index (χ1v) is 5.14. The minimum Gasteiger partial charge on any atom is -0.345 e. The molecule has 0 aliphatic carbocycles. The van der Waals surface area contributed by atoms with Crippen molar-refractivity contribution < 1.29 is 18.0 Å². The van der Waals surface area contributed by atoms with E-state index in [1.54, 1.807) is 0 Å². The van der Waals surface area contributed by atoms with Gasteiger partial charge in [0.15, 0.2) is 0 Å². The largest absolute Gasteiger partial charge is 0.471 e. The predicted octanol–water partition coefficient (Wildman–Crippen LogP) is 1.48. The van der Waals surface area contributed by atoms with Crippen LogP contribution in [0.4, 0.5) is 13.2 Å². The number of carbonyl (C=O) groups excluding carboxylic acids is 1. The van der Waals surface area contributed by atoms with E-state index >= 15 is 0 Å². The second-order valence-electron chi connectivity index (χ2n) is 3.16. The van der Waals surface area contributed by atoms with Gasteiger partial charge in [-0.25, -0.2) is 3.11 Å². The Labute approximate surface area is 93.5 Å². The Kier molecular flexibility index (Phi) is 3.99. The topological polar surface area (TPSA) is 32.3 Å². The Hall–Kier alpha value is -0.0500. The van der Waals surface area contributed by atoms with Crippen LogP contribution in [0.2, 0.25) is 0 Å². The van der Waals surface area contributed by atoms with Crippen molar-refractivity contribution in [2.75, 3.05) is 13.1 Å². The number of amides is 1. The molecule has 0 aromatic rings. The summed E-state index contributed by atoms with van der Waals surface area (Å²) in [4.78, 5) is 10.6. The van der Waals surface area contributed by atoms with Crippen LogP contribution in [0, 0.1) is 0 Å². The lowest BCUT2D eigenvalue weighted by atomic mass is 10.1. The van der Waals surface area contributed by atoms with Crippen LogP contribution in [-0.4, -0.2) is 34.3 Å². The fraction of sp³-hybridized carbons (Fsp3) is 0.857. The summed E-state index contributed by atoms with van der Waals surface area (Å²) >= 11 is 2.12. The molecule has 0 aromatic heterocycles. The highest BCUT2D eigenvalue weighted by molar-refractivity contribution is 14.1. The van der Waals surface area contributed by atoms with Gasteiger partial charge in [0.05, 0.1) is 0 Å². The molecule has 1 amide bonds. The molecule has 1 N–H and O–H groups in total. The predicted molar refractivity (Wildman–Crippen MR) is 52.8 cm³/mol. The molecule has 0 radical (unpaired) electrons. The second-order valence-corrected chi connectivity index (χ2v) is 4.52. The zero-order valence-electron chi connectivity index (χ0n) is 7.27. The molecule has 1 rings (SSSR count). The van der Waals surface area contributed by atoms with E-state index in [4.69, 9.17) is 0 Å². The highest BCUT2D eigenvalue weighted by Gasteiger charge is 2.39. The Morgan fingerprint density at radius 3 is 2.29 bits per heavy atom. The standard InChI is InChI=1S/C7H10F3IN2O/c8-7(9,10)6(14)12-5-1-3-13(11)4-2-5/h5H,1-4H2,(H,12,14). The molecule has 14 heavy (non-hydrogen) atoms. The van der Waals surface area contributed by atoms with E-state index in [0.717, 1.165) is 0 Å². The summed E-state index contributed by atoms with van der Waals surface area (Å²) < 4.78 is 37.6. The van der Waals surface area contributed by atoms with Gasteiger partial charge in [-0.2, -0.15) is 13.2 Å². The molecular weight excluding hydrogens is 312 g/mol. The van der Waals surface area contributed by atoms with Crippen molar-refractivity contribution in [3.8, 4) is 0 Å². The number of piperidine rings is 1. The lowest BCUT2D eigenvalue weighted by Crippen LogP contribution is -2.46. The van der Waals surface area contributed by atoms with Gasteiger partial charge in [0.25, 0.3) is 0 Å². The molecule has 1 heterocycles. The van der Waals surface area contributed by atoms with E-state index in [0.29, 0.717) is 25.9 Å². The second kappa shape index (κ2) is 4.65. The zero-order valence-corrected chi connectivity index (χ0v) is 9.43. The van der Waals surface area contributed by atoms with Crippen LogP contribution in [-0.2, 0) is 4.79 Å². The van der Waals surface area contributed by atoms with Crippen molar-refractivity contribution in [3.05, 3.63) is 0 Å². The maximum Gasteiger partial charge on any atom is 0.471 e. The molecule has 0 aromatic carbocycles. The third-order valence-electron chi connectivity index (χ3n) is 2.03. The molecule has 82 valence electrons. The van der Waals surface area contributed by atoms with Gasteiger partial charge in [0.1, 0.15) is 0 Å². The SMILES string of the molecule is O=C(NC1CCN(I)CC1)C(F)(F)F. The molecule has 0 spiro atoms.